The molecule has 0 heterocycles. The highest BCUT2D eigenvalue weighted by Gasteiger charge is 2.32. The summed E-state index contributed by atoms with van der Waals surface area (Å²) in [5, 5.41) is 12.3. The monoisotopic (exact) mass is 265 g/mol. The van der Waals surface area contributed by atoms with Crippen molar-refractivity contribution in [1.29, 1.82) is 0 Å². The smallest absolute Gasteiger partial charge is 0.327 e. The average molecular weight is 265 g/mol. The lowest BCUT2D eigenvalue weighted by Gasteiger charge is -2.25. The van der Waals surface area contributed by atoms with Crippen molar-refractivity contribution in [3.8, 4) is 0 Å². The van der Waals surface area contributed by atoms with E-state index in [1.165, 1.54) is 7.11 Å². The molecule has 1 aromatic rings. The molecule has 0 spiro atoms. The number of carboxylic acids is 1. The molecule has 0 saturated carbocycles. The molecule has 0 aromatic heterocycles. The van der Waals surface area contributed by atoms with Crippen molar-refractivity contribution in [2.75, 3.05) is 12.4 Å². The Bertz CT molecular complexity index is 482. The summed E-state index contributed by atoms with van der Waals surface area (Å²) in [7, 11) is 1.31. The Hall–Kier alpha value is -2.04. The number of nitrogens with one attached hydrogen (secondary N) is 1. The first-order valence-corrected chi connectivity index (χ1v) is 5.98. The lowest BCUT2D eigenvalue weighted by atomic mass is 9.83. The van der Waals surface area contributed by atoms with Gasteiger partial charge in [0.1, 0.15) is 6.04 Å². The molecule has 0 aliphatic carbocycles. The van der Waals surface area contributed by atoms with Crippen molar-refractivity contribution < 1.29 is 19.4 Å². The lowest BCUT2D eigenvalue weighted by molar-refractivity contribution is -0.142. The fourth-order valence-corrected chi connectivity index (χ4v) is 1.74. The van der Waals surface area contributed by atoms with Crippen molar-refractivity contribution >= 4 is 17.6 Å². The number of ether oxygens (including phenoxy) is 1. The highest BCUT2D eigenvalue weighted by molar-refractivity contribution is 5.84. The van der Waals surface area contributed by atoms with Crippen LogP contribution >= 0.6 is 0 Å². The SMILES string of the molecule is COC(=O)C(C)Nc1ccccc1C(C)(C)C(=O)O. The molecule has 2 N–H and O–H groups in total. The summed E-state index contributed by atoms with van der Waals surface area (Å²) in [5.74, 6) is -1.32. The normalized spacial score (nSPS) is 12.6. The Labute approximate surface area is 112 Å². The number of benzene rings is 1. The molecule has 0 bridgehead atoms. The van der Waals surface area contributed by atoms with Gasteiger partial charge in [-0.2, -0.15) is 0 Å². The summed E-state index contributed by atoms with van der Waals surface area (Å²) in [6.45, 7) is 4.91. The molecule has 5 heteroatoms. The van der Waals surface area contributed by atoms with Gasteiger partial charge in [0.25, 0.3) is 0 Å². The molecule has 1 atom stereocenters. The van der Waals surface area contributed by atoms with Crippen LogP contribution in [0.3, 0.4) is 0 Å². The molecule has 0 fully saturated rings. The summed E-state index contributed by atoms with van der Waals surface area (Å²) >= 11 is 0. The predicted octanol–water partition coefficient (Wildman–Crippen LogP) is 2.02. The van der Waals surface area contributed by atoms with E-state index in [2.05, 4.69) is 10.1 Å². The molecule has 1 rings (SSSR count). The van der Waals surface area contributed by atoms with Crippen LogP contribution in [0, 0.1) is 0 Å². The number of anilines is 1. The van der Waals surface area contributed by atoms with E-state index < -0.39 is 23.4 Å². The first-order valence-electron chi connectivity index (χ1n) is 5.98. The van der Waals surface area contributed by atoms with Crippen LogP contribution in [0.15, 0.2) is 24.3 Å². The van der Waals surface area contributed by atoms with Crippen LogP contribution in [0.4, 0.5) is 5.69 Å². The molecule has 5 nitrogen and oxygen atoms in total. The number of methoxy groups -OCH3 is 1. The minimum absolute atomic E-state index is 0.400. The number of carbonyl (C=O) groups excluding carboxylic acids is 1. The number of rotatable bonds is 5. The topological polar surface area (TPSA) is 75.6 Å². The zero-order valence-corrected chi connectivity index (χ0v) is 11.6. The molecular formula is C14H19NO4. The number of esters is 1. The molecule has 0 radical (unpaired) electrons. The largest absolute Gasteiger partial charge is 0.481 e. The van der Waals surface area contributed by atoms with Gasteiger partial charge in [0, 0.05) is 5.69 Å². The van der Waals surface area contributed by atoms with Crippen LogP contribution in [-0.2, 0) is 19.7 Å². The van der Waals surface area contributed by atoms with Gasteiger partial charge in [0.2, 0.25) is 0 Å². The molecule has 0 amide bonds. The summed E-state index contributed by atoms with van der Waals surface area (Å²) in [4.78, 5) is 22.7. The van der Waals surface area contributed by atoms with Gasteiger partial charge in [-0.15, -0.1) is 0 Å². The van der Waals surface area contributed by atoms with E-state index in [9.17, 15) is 14.7 Å². The Morgan fingerprint density at radius 1 is 1.32 bits per heavy atom. The quantitative estimate of drug-likeness (QED) is 0.797. The van der Waals surface area contributed by atoms with Gasteiger partial charge in [0.05, 0.1) is 12.5 Å². The highest BCUT2D eigenvalue weighted by atomic mass is 16.5. The van der Waals surface area contributed by atoms with E-state index in [0.717, 1.165) is 0 Å². The van der Waals surface area contributed by atoms with Crippen molar-refractivity contribution in [1.82, 2.24) is 0 Å². The Kier molecular flexibility index (Phi) is 4.53. The van der Waals surface area contributed by atoms with Crippen molar-refractivity contribution in [3.05, 3.63) is 29.8 Å². The molecule has 19 heavy (non-hydrogen) atoms. The second kappa shape index (κ2) is 5.73. The molecular weight excluding hydrogens is 246 g/mol. The second-order valence-corrected chi connectivity index (χ2v) is 4.86. The standard InChI is InChI=1S/C14H19NO4/c1-9(12(16)19-4)15-11-8-6-5-7-10(11)14(2,3)13(17)18/h5-9,15H,1-4H3,(H,17,18). The van der Waals surface area contributed by atoms with E-state index in [-0.39, 0.29) is 0 Å². The van der Waals surface area contributed by atoms with Crippen LogP contribution in [0.25, 0.3) is 0 Å². The molecule has 0 saturated heterocycles. The lowest BCUT2D eigenvalue weighted by Crippen LogP contribution is -2.32. The highest BCUT2D eigenvalue weighted by Crippen LogP contribution is 2.30. The number of carbonyl (C=O) groups is 2. The van der Waals surface area contributed by atoms with E-state index in [0.29, 0.717) is 11.3 Å². The Morgan fingerprint density at radius 2 is 1.89 bits per heavy atom. The maximum absolute atomic E-state index is 11.4. The fraction of sp³-hybridized carbons (Fsp3) is 0.429. The first kappa shape index (κ1) is 15.0. The van der Waals surface area contributed by atoms with Crippen LogP contribution in [0.1, 0.15) is 26.3 Å². The number of aliphatic carboxylic acids is 1. The Balaban J connectivity index is 3.10. The third kappa shape index (κ3) is 3.24. The van der Waals surface area contributed by atoms with Gasteiger partial charge in [0.15, 0.2) is 0 Å². The summed E-state index contributed by atoms with van der Waals surface area (Å²) in [6.07, 6.45) is 0. The molecule has 1 aromatic carbocycles. The van der Waals surface area contributed by atoms with Gasteiger partial charge >= 0.3 is 11.9 Å². The van der Waals surface area contributed by atoms with Gasteiger partial charge in [-0.05, 0) is 32.4 Å². The average Bonchev–Trinajstić information content (AvgIpc) is 2.37. The van der Waals surface area contributed by atoms with Gasteiger partial charge < -0.3 is 15.2 Å². The minimum atomic E-state index is -1.04. The predicted molar refractivity (Wildman–Crippen MR) is 72.2 cm³/mol. The summed E-state index contributed by atoms with van der Waals surface area (Å²) in [6, 6.07) is 6.50. The van der Waals surface area contributed by atoms with E-state index in [4.69, 9.17) is 0 Å². The zero-order valence-electron chi connectivity index (χ0n) is 11.6. The Morgan fingerprint density at radius 3 is 2.42 bits per heavy atom. The van der Waals surface area contributed by atoms with Gasteiger partial charge in [-0.1, -0.05) is 18.2 Å². The van der Waals surface area contributed by atoms with E-state index in [1.807, 2.05) is 0 Å². The first-order chi connectivity index (χ1) is 8.80. The van der Waals surface area contributed by atoms with Crippen LogP contribution in [-0.4, -0.2) is 30.2 Å². The van der Waals surface area contributed by atoms with E-state index >= 15 is 0 Å². The number of carboxylic acid groups (broad SMARTS) is 1. The van der Waals surface area contributed by atoms with Crippen molar-refractivity contribution in [3.63, 3.8) is 0 Å². The summed E-state index contributed by atoms with van der Waals surface area (Å²) in [5.41, 5.74) is 0.199. The number of hydrogen-bond acceptors (Lipinski definition) is 4. The van der Waals surface area contributed by atoms with Crippen molar-refractivity contribution in [2.24, 2.45) is 0 Å². The third-order valence-corrected chi connectivity index (χ3v) is 3.06. The maximum atomic E-state index is 11.4. The van der Waals surface area contributed by atoms with Gasteiger partial charge in [-0.3, -0.25) is 4.79 Å². The number of hydrogen-bond donors (Lipinski definition) is 2. The molecule has 0 aliphatic heterocycles. The van der Waals surface area contributed by atoms with Crippen molar-refractivity contribution in [2.45, 2.75) is 32.2 Å². The zero-order chi connectivity index (χ0) is 14.6. The van der Waals surface area contributed by atoms with Crippen LogP contribution < -0.4 is 5.32 Å². The maximum Gasteiger partial charge on any atom is 0.327 e. The number of para-hydroxylation sites is 1. The van der Waals surface area contributed by atoms with Crippen LogP contribution in [0.2, 0.25) is 0 Å². The fourth-order valence-electron chi connectivity index (χ4n) is 1.74. The molecule has 104 valence electrons. The second-order valence-electron chi connectivity index (χ2n) is 4.86. The van der Waals surface area contributed by atoms with Crippen LogP contribution in [0.5, 0.6) is 0 Å². The molecule has 0 aliphatic rings. The minimum Gasteiger partial charge on any atom is -0.481 e. The molecule has 1 unspecified atom stereocenters. The van der Waals surface area contributed by atoms with Gasteiger partial charge in [-0.25, -0.2) is 4.79 Å². The van der Waals surface area contributed by atoms with E-state index in [1.54, 1.807) is 45.0 Å². The third-order valence-electron chi connectivity index (χ3n) is 3.06. The summed E-state index contributed by atoms with van der Waals surface area (Å²) < 4.78 is 4.64.